The van der Waals surface area contributed by atoms with Gasteiger partial charge in [-0.15, -0.1) is 11.3 Å². The molecule has 1 heterocycles. The van der Waals surface area contributed by atoms with Crippen molar-refractivity contribution in [3.63, 3.8) is 0 Å². The van der Waals surface area contributed by atoms with Crippen molar-refractivity contribution >= 4 is 17.3 Å². The molecule has 0 saturated heterocycles. The summed E-state index contributed by atoms with van der Waals surface area (Å²) in [6.45, 7) is 11.2. The maximum atomic E-state index is 14.6. The summed E-state index contributed by atoms with van der Waals surface area (Å²) < 4.78 is 25.3. The van der Waals surface area contributed by atoms with Gasteiger partial charge in [0.05, 0.1) is 0 Å². The topological polar surface area (TPSA) is 35.5 Å². The van der Waals surface area contributed by atoms with Crippen molar-refractivity contribution in [2.24, 2.45) is 0 Å². The van der Waals surface area contributed by atoms with E-state index >= 15 is 0 Å². The zero-order valence-corrected chi connectivity index (χ0v) is 17.1. The number of carbonyl (C=O) groups excluding carboxylic acids is 1. The highest BCUT2D eigenvalue weighted by Gasteiger charge is 2.11. The predicted molar refractivity (Wildman–Crippen MR) is 116 cm³/mol. The van der Waals surface area contributed by atoms with Crippen LogP contribution in [0.3, 0.4) is 0 Å². The van der Waals surface area contributed by atoms with Gasteiger partial charge in [0.25, 0.3) is 0 Å². The molecule has 0 fully saturated rings. The normalized spacial score (nSPS) is 10.4. The highest BCUT2D eigenvalue weighted by Crippen LogP contribution is 2.37. The number of ether oxygens (including phenoxy) is 2. The lowest BCUT2D eigenvalue weighted by Gasteiger charge is -2.07. The van der Waals surface area contributed by atoms with E-state index in [0.717, 1.165) is 20.9 Å². The molecule has 1 aromatic heterocycles. The first-order valence-corrected chi connectivity index (χ1v) is 9.80. The molecule has 148 valence electrons. The Kier molecular flexibility index (Phi) is 6.29. The van der Waals surface area contributed by atoms with Gasteiger partial charge in [-0.25, -0.2) is 9.18 Å². The minimum absolute atomic E-state index is 0.334. The van der Waals surface area contributed by atoms with Crippen LogP contribution in [0.4, 0.5) is 4.39 Å². The van der Waals surface area contributed by atoms with Gasteiger partial charge < -0.3 is 9.47 Å². The number of rotatable bonds is 7. The van der Waals surface area contributed by atoms with Gasteiger partial charge in [0.1, 0.15) is 23.9 Å². The molecule has 0 unspecified atom stereocenters. The molecule has 5 heteroatoms. The van der Waals surface area contributed by atoms with Crippen LogP contribution in [0.15, 0.2) is 78.9 Å². The minimum Gasteiger partial charge on any atom is -0.489 e. The molecule has 0 amide bonds. The highest BCUT2D eigenvalue weighted by molar-refractivity contribution is 7.18. The molecular formula is C24H21FO3S. The fourth-order valence-electron chi connectivity index (χ4n) is 2.51. The van der Waals surface area contributed by atoms with E-state index in [1.54, 1.807) is 31.2 Å². The summed E-state index contributed by atoms with van der Waals surface area (Å²) in [4.78, 5) is 13.4. The van der Waals surface area contributed by atoms with E-state index in [2.05, 4.69) is 13.2 Å². The average molecular weight is 408 g/mol. The van der Waals surface area contributed by atoms with Gasteiger partial charge in [-0.05, 0) is 73.5 Å². The number of benzene rings is 2. The van der Waals surface area contributed by atoms with E-state index in [9.17, 15) is 9.18 Å². The van der Waals surface area contributed by atoms with Crippen molar-refractivity contribution in [3.05, 3.63) is 84.7 Å². The molecule has 0 aliphatic carbocycles. The van der Waals surface area contributed by atoms with Crippen molar-refractivity contribution in [1.29, 1.82) is 0 Å². The zero-order chi connectivity index (χ0) is 21.0. The number of carbonyl (C=O) groups is 1. The number of esters is 1. The van der Waals surface area contributed by atoms with Crippen LogP contribution in [0.1, 0.15) is 13.8 Å². The molecule has 0 spiro atoms. The monoisotopic (exact) mass is 408 g/mol. The molecule has 0 aliphatic rings. The van der Waals surface area contributed by atoms with E-state index in [0.29, 0.717) is 29.2 Å². The largest absolute Gasteiger partial charge is 0.489 e. The van der Waals surface area contributed by atoms with Gasteiger partial charge >= 0.3 is 5.97 Å². The lowest BCUT2D eigenvalue weighted by Crippen LogP contribution is -2.07. The summed E-state index contributed by atoms with van der Waals surface area (Å²) in [6.07, 6.45) is 0. The summed E-state index contributed by atoms with van der Waals surface area (Å²) >= 11 is 1.49. The Bertz CT molecular complexity index is 1060. The van der Waals surface area contributed by atoms with Crippen molar-refractivity contribution < 1.29 is 18.7 Å². The molecule has 3 nitrogen and oxygen atoms in total. The fraction of sp³-hybridized carbons (Fsp3) is 0.125. The Labute approximate surface area is 173 Å². The molecule has 0 atom stereocenters. The minimum atomic E-state index is -0.456. The molecule has 29 heavy (non-hydrogen) atoms. The molecule has 3 aromatic rings. The van der Waals surface area contributed by atoms with E-state index in [1.165, 1.54) is 17.4 Å². The summed E-state index contributed by atoms with van der Waals surface area (Å²) in [6, 6.07) is 15.9. The van der Waals surface area contributed by atoms with Crippen LogP contribution in [-0.4, -0.2) is 12.6 Å². The van der Waals surface area contributed by atoms with Gasteiger partial charge in [-0.2, -0.15) is 0 Å². The van der Waals surface area contributed by atoms with Crippen molar-refractivity contribution in [3.8, 4) is 32.4 Å². The van der Waals surface area contributed by atoms with Crippen molar-refractivity contribution in [2.75, 3.05) is 6.61 Å². The lowest BCUT2D eigenvalue weighted by molar-refractivity contribution is -0.130. The van der Waals surface area contributed by atoms with Gasteiger partial charge in [0.2, 0.25) is 0 Å². The van der Waals surface area contributed by atoms with E-state index in [1.807, 2.05) is 31.2 Å². The van der Waals surface area contributed by atoms with Gasteiger partial charge in [-0.3, -0.25) is 0 Å². The molecular weight excluding hydrogens is 387 g/mol. The Morgan fingerprint density at radius 1 is 0.966 bits per heavy atom. The van der Waals surface area contributed by atoms with Crippen LogP contribution in [-0.2, 0) is 4.79 Å². The van der Waals surface area contributed by atoms with Gasteiger partial charge in [0.15, 0.2) is 0 Å². The number of halogens is 1. The molecule has 0 aliphatic heterocycles. The van der Waals surface area contributed by atoms with E-state index in [-0.39, 0.29) is 5.82 Å². The Balaban J connectivity index is 1.76. The maximum absolute atomic E-state index is 14.6. The zero-order valence-electron chi connectivity index (χ0n) is 16.3. The van der Waals surface area contributed by atoms with Crippen LogP contribution >= 0.6 is 11.3 Å². The second-order valence-corrected chi connectivity index (χ2v) is 7.83. The molecule has 0 N–H and O–H groups in total. The van der Waals surface area contributed by atoms with Crippen molar-refractivity contribution in [1.82, 2.24) is 0 Å². The molecule has 0 radical (unpaired) electrons. The summed E-state index contributed by atoms with van der Waals surface area (Å²) in [5.74, 6) is 0.142. The number of hydrogen-bond donors (Lipinski definition) is 0. The highest BCUT2D eigenvalue weighted by atomic mass is 32.1. The lowest BCUT2D eigenvalue weighted by atomic mass is 10.1. The smallest absolute Gasteiger partial charge is 0.338 e. The third kappa shape index (κ3) is 5.21. The first-order valence-electron chi connectivity index (χ1n) is 8.98. The predicted octanol–water partition coefficient (Wildman–Crippen LogP) is 6.66. The fourth-order valence-corrected chi connectivity index (χ4v) is 3.55. The number of hydrogen-bond acceptors (Lipinski definition) is 4. The second kappa shape index (κ2) is 8.88. The van der Waals surface area contributed by atoms with Crippen LogP contribution < -0.4 is 9.47 Å². The molecule has 2 aromatic carbocycles. The SMILES string of the molecule is C=C(C)COc1ccc(-c2ccc(-c3ccc(OC(=O)C(=C)C)cc3)s2)c(F)c1. The Hall–Kier alpha value is -3.18. The maximum Gasteiger partial charge on any atom is 0.338 e. The second-order valence-electron chi connectivity index (χ2n) is 6.75. The van der Waals surface area contributed by atoms with Gasteiger partial charge in [0, 0.05) is 27.0 Å². The number of thiophene rings is 1. The Morgan fingerprint density at radius 3 is 2.24 bits per heavy atom. The standard InChI is InChI=1S/C24H21FO3S/c1-15(2)14-27-19-9-10-20(21(25)13-19)23-12-11-22(29-23)17-5-7-18(8-6-17)28-24(26)16(3)4/h5-13H,1,3,14H2,2,4H3. The van der Waals surface area contributed by atoms with E-state index < -0.39 is 5.97 Å². The average Bonchev–Trinajstić information content (AvgIpc) is 3.16. The summed E-state index contributed by atoms with van der Waals surface area (Å²) in [5.41, 5.74) is 2.70. The first-order chi connectivity index (χ1) is 13.8. The van der Waals surface area contributed by atoms with Crippen LogP contribution in [0.5, 0.6) is 11.5 Å². The first kappa shape index (κ1) is 20.6. The quantitative estimate of drug-likeness (QED) is 0.190. The Morgan fingerprint density at radius 2 is 1.62 bits per heavy atom. The molecule has 0 bridgehead atoms. The van der Waals surface area contributed by atoms with Crippen LogP contribution in [0.25, 0.3) is 20.9 Å². The third-order valence-corrected chi connectivity index (χ3v) is 5.16. The third-order valence-electron chi connectivity index (χ3n) is 4.00. The molecule has 0 saturated carbocycles. The summed E-state index contributed by atoms with van der Waals surface area (Å²) in [7, 11) is 0. The van der Waals surface area contributed by atoms with Crippen molar-refractivity contribution in [2.45, 2.75) is 13.8 Å². The molecule has 3 rings (SSSR count). The summed E-state index contributed by atoms with van der Waals surface area (Å²) in [5, 5.41) is 0. The van der Waals surface area contributed by atoms with Gasteiger partial charge in [-0.1, -0.05) is 13.2 Å². The van der Waals surface area contributed by atoms with Crippen LogP contribution in [0, 0.1) is 5.82 Å². The van der Waals surface area contributed by atoms with E-state index in [4.69, 9.17) is 9.47 Å². The van der Waals surface area contributed by atoms with Crippen LogP contribution in [0.2, 0.25) is 0 Å².